The van der Waals surface area contributed by atoms with Gasteiger partial charge in [0.2, 0.25) is 0 Å². The number of carbonyl (C=O) groups excluding carboxylic acids is 4. The van der Waals surface area contributed by atoms with Crippen molar-refractivity contribution in [1.29, 1.82) is 0 Å². The van der Waals surface area contributed by atoms with E-state index in [4.69, 9.17) is 29.4 Å². The number of halogens is 1. The first kappa shape index (κ1) is 80.1. The van der Waals surface area contributed by atoms with Crippen LogP contribution in [0.1, 0.15) is 169 Å². The molecular formula is C84H99BrN18O9S3. The van der Waals surface area contributed by atoms with E-state index in [1.165, 1.54) is 54.6 Å². The molecule has 0 atom stereocenters. The minimum absolute atomic E-state index is 0.00727. The SMILES string of the molecule is CCc1c(-c2cc(Nc3nc4c(s3)CN(C(=O)OC(C)(C)C)CC4)c(=O)n(C)c2)ccnc1N1CCn2c(cc3c2CC(C)(C)C3)C1=O.CCc1c(-c2cc(Nc3nc4c(s3)CNCC4)c(=O)n(C)c2)ccnc1N1CCn2c(cc3c2CC(C)(C)C3)C1=O.Cn1cc(Br)cc(Nc2nc3c(s2)CN(C(=O)OC(C)(C)C)CC3)c1=O. The maximum atomic E-state index is 13.9. The zero-order valence-corrected chi connectivity index (χ0v) is 71.9. The quantitative estimate of drug-likeness (QED) is 0.0884. The Labute approximate surface area is 688 Å². The summed E-state index contributed by atoms with van der Waals surface area (Å²) in [5.41, 5.74) is 15.6. The van der Waals surface area contributed by atoms with Gasteiger partial charge in [-0.25, -0.2) is 34.5 Å². The van der Waals surface area contributed by atoms with Crippen molar-refractivity contribution in [3.05, 3.63) is 186 Å². The molecule has 0 bridgehead atoms. The fourth-order valence-electron chi connectivity index (χ4n) is 16.5. The maximum Gasteiger partial charge on any atom is 0.410 e. The van der Waals surface area contributed by atoms with Crippen molar-refractivity contribution in [3.8, 4) is 22.3 Å². The van der Waals surface area contributed by atoms with Crippen molar-refractivity contribution in [2.75, 3.05) is 58.5 Å². The van der Waals surface area contributed by atoms with E-state index in [-0.39, 0.29) is 51.5 Å². The van der Waals surface area contributed by atoms with Gasteiger partial charge < -0.3 is 63.4 Å². The summed E-state index contributed by atoms with van der Waals surface area (Å²) in [4.78, 5) is 125. The highest BCUT2D eigenvalue weighted by Gasteiger charge is 2.41. The topological polar surface area (TPSA) is 288 Å². The van der Waals surface area contributed by atoms with Crippen molar-refractivity contribution in [2.24, 2.45) is 32.0 Å². The fraction of sp³-hybridized carbons (Fsp3) is 0.452. The van der Waals surface area contributed by atoms with Crippen LogP contribution in [0.5, 0.6) is 0 Å². The molecule has 15 heterocycles. The highest BCUT2D eigenvalue weighted by Crippen LogP contribution is 2.44. The van der Waals surface area contributed by atoms with Crippen molar-refractivity contribution < 1.29 is 28.7 Å². The Morgan fingerprint density at radius 1 is 0.530 bits per heavy atom. The van der Waals surface area contributed by atoms with Crippen LogP contribution < -0.4 is 47.7 Å². The number of carbonyl (C=O) groups is 4. The summed E-state index contributed by atoms with van der Waals surface area (Å²) in [6.07, 6.45) is 15.8. The largest absolute Gasteiger partial charge is 0.444 e. The van der Waals surface area contributed by atoms with Crippen LogP contribution in [0, 0.1) is 10.8 Å². The number of anilines is 8. The molecule has 0 aromatic carbocycles. The van der Waals surface area contributed by atoms with E-state index < -0.39 is 11.2 Å². The lowest BCUT2D eigenvalue weighted by atomic mass is 9.90. The Bertz CT molecular complexity index is 5720. The Balaban J connectivity index is 0.000000142. The summed E-state index contributed by atoms with van der Waals surface area (Å²) in [6, 6.07) is 13.6. The lowest BCUT2D eigenvalue weighted by Crippen LogP contribution is -2.41. The number of aryl methyl sites for hydroxylation is 3. The van der Waals surface area contributed by atoms with Gasteiger partial charge in [0.15, 0.2) is 15.4 Å². The van der Waals surface area contributed by atoms with Gasteiger partial charge in [0, 0.05) is 176 Å². The van der Waals surface area contributed by atoms with Gasteiger partial charge in [0.05, 0.1) is 30.2 Å². The minimum Gasteiger partial charge on any atom is -0.444 e. The van der Waals surface area contributed by atoms with Gasteiger partial charge in [0.25, 0.3) is 28.5 Å². The Kier molecular flexibility index (Phi) is 21.7. The molecule has 4 N–H and O–H groups in total. The molecule has 0 saturated carbocycles. The number of hydrogen-bond donors (Lipinski definition) is 4. The molecule has 2 aliphatic carbocycles. The van der Waals surface area contributed by atoms with Crippen LogP contribution in [0.3, 0.4) is 0 Å². The van der Waals surface area contributed by atoms with Crippen molar-refractivity contribution in [3.63, 3.8) is 0 Å². The van der Waals surface area contributed by atoms with Gasteiger partial charge in [0.1, 0.15) is 51.3 Å². The fourth-order valence-corrected chi connectivity index (χ4v) is 20.1. The number of ether oxygens (including phenoxy) is 2. The molecule has 115 heavy (non-hydrogen) atoms. The molecule has 5 aliphatic heterocycles. The van der Waals surface area contributed by atoms with Gasteiger partial charge in [-0.1, -0.05) is 64.2 Å². The van der Waals surface area contributed by atoms with E-state index in [1.807, 2.05) is 88.0 Å². The van der Waals surface area contributed by atoms with Crippen LogP contribution in [0.25, 0.3) is 22.3 Å². The lowest BCUT2D eigenvalue weighted by Gasteiger charge is -2.31. The second kappa shape index (κ2) is 31.2. The molecule has 7 aliphatic rings. The molecule has 17 rings (SSSR count). The van der Waals surface area contributed by atoms with Crippen LogP contribution in [0.2, 0.25) is 0 Å². The predicted molar refractivity (Wildman–Crippen MR) is 455 cm³/mol. The molecule has 0 spiro atoms. The van der Waals surface area contributed by atoms with Crippen LogP contribution in [-0.2, 0) is 121 Å². The molecule has 31 heteroatoms. The number of nitrogens with zero attached hydrogens (tertiary/aromatic N) is 14. The second-order valence-corrected chi connectivity index (χ2v) is 38.3. The molecule has 0 fully saturated rings. The second-order valence-electron chi connectivity index (χ2n) is 34.2. The van der Waals surface area contributed by atoms with E-state index in [2.05, 4.69) is 105 Å². The molecule has 0 saturated heterocycles. The summed E-state index contributed by atoms with van der Waals surface area (Å²) >= 11 is 7.88. The van der Waals surface area contributed by atoms with Crippen molar-refractivity contribution >= 4 is 118 Å². The van der Waals surface area contributed by atoms with Gasteiger partial charge in [-0.2, -0.15) is 0 Å². The highest BCUT2D eigenvalue weighted by molar-refractivity contribution is 9.10. The van der Waals surface area contributed by atoms with Gasteiger partial charge >= 0.3 is 12.2 Å². The van der Waals surface area contributed by atoms with Gasteiger partial charge in [-0.3, -0.25) is 33.8 Å². The summed E-state index contributed by atoms with van der Waals surface area (Å²) in [7, 11) is 5.20. The van der Waals surface area contributed by atoms with Crippen molar-refractivity contribution in [1.82, 2.24) is 62.9 Å². The first-order chi connectivity index (χ1) is 54.5. The zero-order valence-electron chi connectivity index (χ0n) is 67.9. The minimum atomic E-state index is -0.566. The molecular weight excluding hydrogens is 1580 g/mol. The summed E-state index contributed by atoms with van der Waals surface area (Å²) in [5.74, 6) is 1.35. The highest BCUT2D eigenvalue weighted by atomic mass is 79.9. The van der Waals surface area contributed by atoms with Crippen LogP contribution >= 0.6 is 49.9 Å². The first-order valence-electron chi connectivity index (χ1n) is 39.3. The molecule has 10 aromatic heterocycles. The van der Waals surface area contributed by atoms with E-state index in [0.717, 1.165) is 139 Å². The third kappa shape index (κ3) is 16.6. The number of pyridine rings is 5. The van der Waals surface area contributed by atoms with Crippen LogP contribution in [0.15, 0.2) is 92.3 Å². The van der Waals surface area contributed by atoms with Crippen LogP contribution in [0.4, 0.5) is 53.7 Å². The summed E-state index contributed by atoms with van der Waals surface area (Å²) < 4.78 is 20.9. The number of hydrogen-bond acceptors (Lipinski definition) is 21. The number of aromatic nitrogens is 10. The summed E-state index contributed by atoms with van der Waals surface area (Å²) in [5, 5.41) is 15.0. The average molecular weight is 1680 g/mol. The number of nitrogens with one attached hydrogen (secondary N) is 4. The monoisotopic (exact) mass is 1680 g/mol. The van der Waals surface area contributed by atoms with E-state index in [1.54, 1.807) is 76.1 Å². The van der Waals surface area contributed by atoms with E-state index in [9.17, 15) is 33.6 Å². The number of fused-ring (bicyclic) bond motifs is 9. The molecule has 4 amide bonds. The average Bonchev–Trinajstić information content (AvgIpc) is 1.58. The lowest BCUT2D eigenvalue weighted by molar-refractivity contribution is 0.0215. The Morgan fingerprint density at radius 3 is 1.34 bits per heavy atom. The normalized spacial score (nSPS) is 16.4. The Hall–Kier alpha value is -10.1. The number of thiazole rings is 3. The summed E-state index contributed by atoms with van der Waals surface area (Å²) in [6.45, 7) is 30.8. The first-order valence-corrected chi connectivity index (χ1v) is 42.5. The number of rotatable bonds is 12. The molecule has 0 unspecified atom stereocenters. The standard InChI is InChI=1S/C36H43N7O4S.C31H35N7O2S.C17H21BrN4O3S/c1-8-23-24(9-11-37-30(23)43-14-13-42-27(32(43)45)16-21-17-36(5,6)18-28(21)42)22-15-26(31(44)40(7)19-22)39-33-38-25-10-12-41(20-29(25)48-33)34(46)47-35(2,3)4;1-5-20-21(19-12-23(28(39)36(4)17-19)35-30-34-22-7-8-32-16-26(22)41-30)6-9-33-27(20)38-11-10-37-24(29(38)40)13-18-14-31(2,3)15-25(18)37;1-17(2,3)25-16(24)22-6-5-11-13(9-22)26-15(19-11)20-12-7-10(18)8-21(4)14(12)23/h9,11,15-16,19H,8,10,12-14,17-18,20H2,1-7H3,(H,38,39);6,9,12-13,17,32H,5,7-8,10-11,14-16H2,1-4H3,(H,34,35);7-8H,5-6,9H2,1-4H3,(H,19,20). The smallest absolute Gasteiger partial charge is 0.410 e. The molecule has 10 aromatic rings. The van der Waals surface area contributed by atoms with Gasteiger partial charge in [-0.15, -0.1) is 11.3 Å². The third-order valence-electron chi connectivity index (χ3n) is 21.8. The van der Waals surface area contributed by atoms with E-state index >= 15 is 0 Å². The van der Waals surface area contributed by atoms with Crippen molar-refractivity contribution in [2.45, 2.75) is 185 Å². The zero-order chi connectivity index (χ0) is 81.6. The molecule has 604 valence electrons. The number of amides is 4. The maximum absolute atomic E-state index is 13.9. The molecule has 27 nitrogen and oxygen atoms in total. The van der Waals surface area contributed by atoms with Gasteiger partial charge in [-0.05, 0) is 172 Å². The predicted octanol–water partition coefficient (Wildman–Crippen LogP) is 14.2. The molecule has 0 radical (unpaired) electrons. The van der Waals surface area contributed by atoms with E-state index in [0.29, 0.717) is 104 Å². The van der Waals surface area contributed by atoms with Crippen LogP contribution in [-0.4, -0.2) is 125 Å². The third-order valence-corrected chi connectivity index (χ3v) is 25.2. The Morgan fingerprint density at radius 2 is 0.930 bits per heavy atom.